The fraction of sp³-hybridized carbons (Fsp3) is 0.500. The number of aryl methyl sites for hydroxylation is 3. The zero-order valence-electron chi connectivity index (χ0n) is 25.4. The molecule has 0 aliphatic heterocycles. The van der Waals surface area contributed by atoms with Gasteiger partial charge in [0.25, 0.3) is 0 Å². The van der Waals surface area contributed by atoms with Crippen molar-refractivity contribution in [3.63, 3.8) is 0 Å². The van der Waals surface area contributed by atoms with Gasteiger partial charge in [0, 0.05) is 5.41 Å². The lowest BCUT2D eigenvalue weighted by atomic mass is 9.60. The van der Waals surface area contributed by atoms with Crippen LogP contribution in [0.1, 0.15) is 141 Å². The number of hydrogen-bond acceptors (Lipinski definition) is 3. The molecule has 3 heteroatoms. The molecule has 3 N–H and O–H groups in total. The number of aromatic hydroxyl groups is 3. The third-order valence-corrected chi connectivity index (χ3v) is 9.21. The van der Waals surface area contributed by atoms with Crippen LogP contribution in [0.25, 0.3) is 0 Å². The van der Waals surface area contributed by atoms with E-state index in [1.165, 1.54) is 16.7 Å². The molecule has 39 heavy (non-hydrogen) atoms. The summed E-state index contributed by atoms with van der Waals surface area (Å²) in [4.78, 5) is 0. The van der Waals surface area contributed by atoms with Crippen LogP contribution in [0.15, 0.2) is 36.4 Å². The van der Waals surface area contributed by atoms with Gasteiger partial charge >= 0.3 is 0 Å². The molecule has 1 unspecified atom stereocenters. The highest BCUT2D eigenvalue weighted by Crippen LogP contribution is 2.53. The fourth-order valence-electron chi connectivity index (χ4n) is 6.81. The van der Waals surface area contributed by atoms with Crippen molar-refractivity contribution in [2.24, 2.45) is 0 Å². The summed E-state index contributed by atoms with van der Waals surface area (Å²) >= 11 is 0. The molecule has 0 spiro atoms. The van der Waals surface area contributed by atoms with Gasteiger partial charge in [0.05, 0.1) is 0 Å². The van der Waals surface area contributed by atoms with Crippen molar-refractivity contribution in [3.8, 4) is 17.2 Å². The van der Waals surface area contributed by atoms with Crippen LogP contribution in [-0.2, 0) is 5.41 Å². The topological polar surface area (TPSA) is 60.7 Å². The van der Waals surface area contributed by atoms with E-state index in [9.17, 15) is 15.3 Å². The molecule has 0 radical (unpaired) electrons. The second-order valence-electron chi connectivity index (χ2n) is 13.1. The molecule has 0 heterocycles. The van der Waals surface area contributed by atoms with E-state index in [-0.39, 0.29) is 23.2 Å². The van der Waals surface area contributed by atoms with Gasteiger partial charge in [0.2, 0.25) is 0 Å². The molecule has 210 valence electrons. The van der Waals surface area contributed by atoms with Crippen LogP contribution in [0, 0.1) is 20.8 Å². The first kappa shape index (κ1) is 29.1. The van der Waals surface area contributed by atoms with Gasteiger partial charge in [-0.25, -0.2) is 0 Å². The molecule has 3 aromatic carbocycles. The maximum Gasteiger partial charge on any atom is 0.121 e. The van der Waals surface area contributed by atoms with Crippen molar-refractivity contribution in [1.29, 1.82) is 0 Å². The first-order valence-corrected chi connectivity index (χ1v) is 14.8. The van der Waals surface area contributed by atoms with E-state index in [2.05, 4.69) is 77.9 Å². The molecular weight excluding hydrogens is 480 g/mol. The molecule has 1 aliphatic carbocycles. The van der Waals surface area contributed by atoms with Crippen molar-refractivity contribution in [1.82, 2.24) is 0 Å². The summed E-state index contributed by atoms with van der Waals surface area (Å²) in [6.45, 7) is 18.9. The van der Waals surface area contributed by atoms with Gasteiger partial charge in [-0.1, -0.05) is 84.4 Å². The van der Waals surface area contributed by atoms with E-state index in [0.29, 0.717) is 23.2 Å². The highest BCUT2D eigenvalue weighted by molar-refractivity contribution is 5.55. The Bertz CT molecular complexity index is 1300. The average molecular weight is 529 g/mol. The Labute approximate surface area is 235 Å². The Kier molecular flexibility index (Phi) is 8.13. The SMILES string of the molecule is Cc1cc(C2CCCC(c3cc(C)c(O)c(C(C)C)c3)(c3cc(C)c(O)c(C(C)C)c3)C2)cc(C(C)C)c1O. The second kappa shape index (κ2) is 10.9. The van der Waals surface area contributed by atoms with E-state index in [1.807, 2.05) is 20.8 Å². The summed E-state index contributed by atoms with van der Waals surface area (Å²) in [6.07, 6.45) is 4.14. The fourth-order valence-corrected chi connectivity index (χ4v) is 6.81. The van der Waals surface area contributed by atoms with Crippen LogP contribution < -0.4 is 0 Å². The van der Waals surface area contributed by atoms with Gasteiger partial charge in [-0.2, -0.15) is 0 Å². The van der Waals surface area contributed by atoms with Crippen LogP contribution in [0.2, 0.25) is 0 Å². The lowest BCUT2D eigenvalue weighted by molar-refractivity contribution is 0.308. The van der Waals surface area contributed by atoms with Crippen molar-refractivity contribution in [3.05, 3.63) is 86.5 Å². The van der Waals surface area contributed by atoms with Gasteiger partial charge in [0.1, 0.15) is 17.2 Å². The molecule has 3 nitrogen and oxygen atoms in total. The van der Waals surface area contributed by atoms with Crippen molar-refractivity contribution < 1.29 is 15.3 Å². The van der Waals surface area contributed by atoms with Crippen LogP contribution >= 0.6 is 0 Å². The zero-order valence-corrected chi connectivity index (χ0v) is 25.4. The molecule has 4 rings (SSSR count). The molecule has 1 aliphatic rings. The normalized spacial score (nSPS) is 17.4. The number of rotatable bonds is 6. The minimum atomic E-state index is -0.253. The summed E-state index contributed by atoms with van der Waals surface area (Å²) in [6, 6.07) is 13.3. The summed E-state index contributed by atoms with van der Waals surface area (Å²) in [5.74, 6) is 2.22. The molecule has 1 saturated carbocycles. The maximum atomic E-state index is 11.0. The quantitative estimate of drug-likeness (QED) is 0.298. The molecule has 0 bridgehead atoms. The number of phenols is 3. The minimum absolute atomic E-state index is 0.209. The number of hydrogen-bond donors (Lipinski definition) is 3. The smallest absolute Gasteiger partial charge is 0.121 e. The standard InChI is InChI=1S/C36H48O3/c1-20(2)30-16-27(13-23(7)33(30)37)26-11-10-12-36(19-26,28-14-24(8)34(38)31(17-28)21(3)4)29-15-25(9)35(39)32(18-29)22(5)6/h13-18,20-22,26,37-39H,10-12,19H2,1-9H3. The van der Waals surface area contributed by atoms with Gasteiger partial charge in [-0.05, 0) is 114 Å². The molecule has 0 aromatic heterocycles. The van der Waals surface area contributed by atoms with Crippen molar-refractivity contribution in [2.45, 2.75) is 117 Å². The summed E-state index contributed by atoms with van der Waals surface area (Å²) in [5.41, 5.74) is 9.34. The van der Waals surface area contributed by atoms with Crippen LogP contribution in [0.3, 0.4) is 0 Å². The van der Waals surface area contributed by atoms with E-state index in [4.69, 9.17) is 0 Å². The zero-order chi connectivity index (χ0) is 28.8. The van der Waals surface area contributed by atoms with E-state index in [1.54, 1.807) is 0 Å². The van der Waals surface area contributed by atoms with E-state index < -0.39 is 0 Å². The Hall–Kier alpha value is -2.94. The van der Waals surface area contributed by atoms with Crippen LogP contribution in [0.5, 0.6) is 17.2 Å². The first-order chi connectivity index (χ1) is 18.3. The highest BCUT2D eigenvalue weighted by atomic mass is 16.3. The van der Waals surface area contributed by atoms with Crippen LogP contribution in [-0.4, -0.2) is 15.3 Å². The van der Waals surface area contributed by atoms with Crippen molar-refractivity contribution >= 4 is 0 Å². The highest BCUT2D eigenvalue weighted by Gasteiger charge is 2.41. The monoisotopic (exact) mass is 528 g/mol. The predicted octanol–water partition coefficient (Wildman–Crippen LogP) is 9.74. The molecule has 1 atom stereocenters. The van der Waals surface area contributed by atoms with Crippen LogP contribution in [0.4, 0.5) is 0 Å². The minimum Gasteiger partial charge on any atom is -0.507 e. The van der Waals surface area contributed by atoms with E-state index in [0.717, 1.165) is 59.1 Å². The average Bonchev–Trinajstić information content (AvgIpc) is 2.87. The summed E-state index contributed by atoms with van der Waals surface area (Å²) in [7, 11) is 0. The Balaban J connectivity index is 1.98. The third kappa shape index (κ3) is 5.30. The Morgan fingerprint density at radius 3 is 1.46 bits per heavy atom. The predicted molar refractivity (Wildman–Crippen MR) is 163 cm³/mol. The lowest BCUT2D eigenvalue weighted by Gasteiger charge is -2.43. The van der Waals surface area contributed by atoms with Gasteiger partial charge in [0.15, 0.2) is 0 Å². The third-order valence-electron chi connectivity index (χ3n) is 9.21. The number of phenolic OH excluding ortho intramolecular Hbond substituents is 3. The number of benzene rings is 3. The first-order valence-electron chi connectivity index (χ1n) is 14.8. The molecular formula is C36H48O3. The summed E-state index contributed by atoms with van der Waals surface area (Å²) in [5, 5.41) is 32.7. The van der Waals surface area contributed by atoms with Gasteiger partial charge in [-0.3, -0.25) is 0 Å². The maximum absolute atomic E-state index is 11.0. The van der Waals surface area contributed by atoms with Gasteiger partial charge < -0.3 is 15.3 Å². The van der Waals surface area contributed by atoms with Gasteiger partial charge in [-0.15, -0.1) is 0 Å². The lowest BCUT2D eigenvalue weighted by Crippen LogP contribution is -2.34. The van der Waals surface area contributed by atoms with E-state index >= 15 is 0 Å². The molecule has 3 aromatic rings. The Morgan fingerprint density at radius 2 is 1.03 bits per heavy atom. The summed E-state index contributed by atoms with van der Waals surface area (Å²) < 4.78 is 0. The molecule has 0 saturated heterocycles. The molecule has 1 fully saturated rings. The second-order valence-corrected chi connectivity index (χ2v) is 13.1. The van der Waals surface area contributed by atoms with Crippen molar-refractivity contribution in [2.75, 3.05) is 0 Å². The largest absolute Gasteiger partial charge is 0.507 e. The Morgan fingerprint density at radius 1 is 0.615 bits per heavy atom. The molecule has 0 amide bonds.